The van der Waals surface area contributed by atoms with E-state index in [0.29, 0.717) is 19.6 Å². The maximum Gasteiger partial charge on any atom is 0.225 e. The van der Waals surface area contributed by atoms with Crippen molar-refractivity contribution >= 4 is 22.7 Å². The molecule has 4 rings (SSSR count). The third-order valence-electron chi connectivity index (χ3n) is 5.54. The van der Waals surface area contributed by atoms with Crippen LogP contribution in [0.2, 0.25) is 0 Å². The van der Waals surface area contributed by atoms with Crippen molar-refractivity contribution in [2.75, 3.05) is 20.2 Å². The lowest BCUT2D eigenvalue weighted by Crippen LogP contribution is -2.33. The van der Waals surface area contributed by atoms with Gasteiger partial charge in [0.05, 0.1) is 13.0 Å². The summed E-state index contributed by atoms with van der Waals surface area (Å²) in [5, 5.41) is 4.14. The average molecular weight is 391 g/mol. The molecule has 3 aromatic rings. The number of methoxy groups -OCH3 is 1. The number of benzene rings is 2. The van der Waals surface area contributed by atoms with Crippen molar-refractivity contribution in [3.05, 3.63) is 65.9 Å². The van der Waals surface area contributed by atoms with E-state index in [1.807, 2.05) is 48.7 Å². The normalized spacial score (nSPS) is 16.4. The first-order valence-corrected chi connectivity index (χ1v) is 9.87. The lowest BCUT2D eigenvalue weighted by atomic mass is 10.1. The molecule has 6 nitrogen and oxygen atoms in total. The molecule has 1 unspecified atom stereocenters. The van der Waals surface area contributed by atoms with Gasteiger partial charge in [-0.2, -0.15) is 0 Å². The van der Waals surface area contributed by atoms with E-state index in [4.69, 9.17) is 4.74 Å². The Morgan fingerprint density at radius 2 is 2.00 bits per heavy atom. The van der Waals surface area contributed by atoms with Crippen LogP contribution in [0.15, 0.2) is 54.7 Å². The van der Waals surface area contributed by atoms with Gasteiger partial charge in [0.2, 0.25) is 11.8 Å². The van der Waals surface area contributed by atoms with Crippen LogP contribution in [0.3, 0.4) is 0 Å². The molecule has 6 heteroatoms. The van der Waals surface area contributed by atoms with Gasteiger partial charge < -0.3 is 19.9 Å². The molecule has 2 N–H and O–H groups in total. The Morgan fingerprint density at radius 3 is 2.79 bits per heavy atom. The Labute approximate surface area is 169 Å². The van der Waals surface area contributed by atoms with Crippen LogP contribution in [-0.2, 0) is 22.6 Å². The molecule has 1 fully saturated rings. The van der Waals surface area contributed by atoms with Gasteiger partial charge in [-0.15, -0.1) is 0 Å². The summed E-state index contributed by atoms with van der Waals surface area (Å²) in [6.07, 6.45) is 3.06. The maximum atomic E-state index is 12.5. The van der Waals surface area contributed by atoms with Crippen molar-refractivity contribution in [1.82, 2.24) is 15.2 Å². The number of para-hydroxylation sites is 1. The van der Waals surface area contributed by atoms with E-state index in [2.05, 4.69) is 16.4 Å². The topological polar surface area (TPSA) is 74.4 Å². The molecular weight excluding hydrogens is 366 g/mol. The van der Waals surface area contributed by atoms with Crippen molar-refractivity contribution < 1.29 is 14.3 Å². The van der Waals surface area contributed by atoms with E-state index >= 15 is 0 Å². The molecule has 29 heavy (non-hydrogen) atoms. The number of H-pyrrole nitrogens is 1. The summed E-state index contributed by atoms with van der Waals surface area (Å²) in [6, 6.07) is 15.7. The van der Waals surface area contributed by atoms with E-state index in [0.717, 1.165) is 23.3 Å². The summed E-state index contributed by atoms with van der Waals surface area (Å²) in [5.41, 5.74) is 3.30. The van der Waals surface area contributed by atoms with Gasteiger partial charge in [-0.1, -0.05) is 30.3 Å². The number of nitrogens with one attached hydrogen (secondary N) is 2. The molecule has 0 aliphatic carbocycles. The molecule has 150 valence electrons. The van der Waals surface area contributed by atoms with Crippen LogP contribution in [0, 0.1) is 5.92 Å². The highest BCUT2D eigenvalue weighted by atomic mass is 16.5. The fraction of sp³-hybridized carbons (Fsp3) is 0.304. The Hall–Kier alpha value is -3.28. The number of aromatic nitrogens is 1. The van der Waals surface area contributed by atoms with Gasteiger partial charge in [-0.3, -0.25) is 9.59 Å². The fourth-order valence-corrected chi connectivity index (χ4v) is 3.83. The summed E-state index contributed by atoms with van der Waals surface area (Å²) in [4.78, 5) is 30.0. The molecule has 1 atom stereocenters. The number of aromatic amines is 1. The van der Waals surface area contributed by atoms with Gasteiger partial charge in [0.25, 0.3) is 0 Å². The number of rotatable bonds is 7. The monoisotopic (exact) mass is 391 g/mol. The van der Waals surface area contributed by atoms with E-state index in [1.54, 1.807) is 12.0 Å². The molecule has 0 bridgehead atoms. The average Bonchev–Trinajstić information content (AvgIpc) is 3.34. The summed E-state index contributed by atoms with van der Waals surface area (Å²) < 4.78 is 5.14. The minimum Gasteiger partial charge on any atom is -0.497 e. The van der Waals surface area contributed by atoms with Crippen LogP contribution in [0.25, 0.3) is 10.9 Å². The Morgan fingerprint density at radius 1 is 1.21 bits per heavy atom. The lowest BCUT2D eigenvalue weighted by molar-refractivity contribution is -0.129. The number of hydrogen-bond donors (Lipinski definition) is 2. The van der Waals surface area contributed by atoms with Crippen LogP contribution in [0.4, 0.5) is 0 Å². The van der Waals surface area contributed by atoms with Crippen LogP contribution in [0.5, 0.6) is 5.75 Å². The number of carbonyl (C=O) groups is 2. The second-order valence-corrected chi connectivity index (χ2v) is 7.42. The van der Waals surface area contributed by atoms with Gasteiger partial charge in [0, 0.05) is 43.2 Å². The van der Waals surface area contributed by atoms with E-state index in [1.165, 1.54) is 10.9 Å². The van der Waals surface area contributed by atoms with Crippen LogP contribution in [0.1, 0.15) is 17.5 Å². The second kappa shape index (κ2) is 8.39. The predicted molar refractivity (Wildman–Crippen MR) is 112 cm³/mol. The third kappa shape index (κ3) is 4.26. The lowest BCUT2D eigenvalue weighted by Gasteiger charge is -2.16. The fourth-order valence-electron chi connectivity index (χ4n) is 3.83. The Kier molecular flexibility index (Phi) is 5.51. The zero-order chi connectivity index (χ0) is 20.2. The molecule has 2 heterocycles. The van der Waals surface area contributed by atoms with Crippen molar-refractivity contribution in [1.29, 1.82) is 0 Å². The summed E-state index contributed by atoms with van der Waals surface area (Å²) in [7, 11) is 1.62. The molecule has 1 saturated heterocycles. The van der Waals surface area contributed by atoms with E-state index < -0.39 is 0 Å². The molecule has 0 spiro atoms. The maximum absolute atomic E-state index is 12.5. The smallest absolute Gasteiger partial charge is 0.225 e. The standard InChI is InChI=1S/C23H25N3O3/c1-29-19-8-6-16(7-9-19)13-25-23(28)18-12-22(27)26(15-18)11-10-17-14-24-21-5-3-2-4-20(17)21/h2-9,14,18,24H,10-13,15H2,1H3,(H,25,28). The minimum atomic E-state index is -0.288. The molecule has 1 aliphatic heterocycles. The van der Waals surface area contributed by atoms with Crippen LogP contribution in [-0.4, -0.2) is 41.9 Å². The van der Waals surface area contributed by atoms with Crippen molar-refractivity contribution in [3.63, 3.8) is 0 Å². The molecule has 2 aromatic carbocycles. The van der Waals surface area contributed by atoms with Gasteiger partial charge in [-0.05, 0) is 35.7 Å². The Balaban J connectivity index is 1.29. The second-order valence-electron chi connectivity index (χ2n) is 7.42. The quantitative estimate of drug-likeness (QED) is 0.650. The van der Waals surface area contributed by atoms with E-state index in [-0.39, 0.29) is 24.2 Å². The minimum absolute atomic E-state index is 0.0504. The van der Waals surface area contributed by atoms with E-state index in [9.17, 15) is 9.59 Å². The molecule has 0 saturated carbocycles. The van der Waals surface area contributed by atoms with Crippen molar-refractivity contribution in [3.8, 4) is 5.75 Å². The molecule has 1 aromatic heterocycles. The van der Waals surface area contributed by atoms with Gasteiger partial charge in [0.15, 0.2) is 0 Å². The highest BCUT2D eigenvalue weighted by molar-refractivity contribution is 5.89. The van der Waals surface area contributed by atoms with Gasteiger partial charge in [0.1, 0.15) is 5.75 Å². The zero-order valence-electron chi connectivity index (χ0n) is 16.5. The summed E-state index contributed by atoms with van der Waals surface area (Å²) in [6.45, 7) is 1.56. The first-order valence-electron chi connectivity index (χ1n) is 9.87. The van der Waals surface area contributed by atoms with Crippen LogP contribution < -0.4 is 10.1 Å². The first kappa shape index (κ1) is 19.1. The molecule has 2 amide bonds. The number of fused-ring (bicyclic) bond motifs is 1. The van der Waals surface area contributed by atoms with Gasteiger partial charge >= 0.3 is 0 Å². The number of hydrogen-bond acceptors (Lipinski definition) is 3. The van der Waals surface area contributed by atoms with Gasteiger partial charge in [-0.25, -0.2) is 0 Å². The van der Waals surface area contributed by atoms with Crippen molar-refractivity contribution in [2.24, 2.45) is 5.92 Å². The molecule has 0 radical (unpaired) electrons. The summed E-state index contributed by atoms with van der Waals surface area (Å²) >= 11 is 0. The Bertz CT molecular complexity index is 1010. The number of likely N-dealkylation sites (tertiary alicyclic amines) is 1. The first-order chi connectivity index (χ1) is 14.1. The molecule has 1 aliphatic rings. The largest absolute Gasteiger partial charge is 0.497 e. The zero-order valence-corrected chi connectivity index (χ0v) is 16.5. The number of amides is 2. The highest BCUT2D eigenvalue weighted by Crippen LogP contribution is 2.22. The third-order valence-corrected chi connectivity index (χ3v) is 5.54. The number of carbonyl (C=O) groups excluding carboxylic acids is 2. The summed E-state index contributed by atoms with van der Waals surface area (Å²) in [5.74, 6) is 0.481. The van der Waals surface area contributed by atoms with Crippen molar-refractivity contribution in [2.45, 2.75) is 19.4 Å². The highest BCUT2D eigenvalue weighted by Gasteiger charge is 2.33. The van der Waals surface area contributed by atoms with Crippen LogP contribution >= 0.6 is 0 Å². The molecular formula is C23H25N3O3. The number of ether oxygens (including phenoxy) is 1. The predicted octanol–water partition coefficient (Wildman–Crippen LogP) is 2.88. The number of nitrogens with zero attached hydrogens (tertiary/aromatic N) is 1. The SMILES string of the molecule is COc1ccc(CNC(=O)C2CC(=O)N(CCc3c[nH]c4ccccc34)C2)cc1.